The summed E-state index contributed by atoms with van der Waals surface area (Å²) in [6, 6.07) is 0. The molecular weight excluding hydrogens is 264 g/mol. The summed E-state index contributed by atoms with van der Waals surface area (Å²) in [5.74, 6) is 2.03. The Hall–Kier alpha value is -0.520. The van der Waals surface area contributed by atoms with Crippen molar-refractivity contribution in [1.82, 2.24) is 0 Å². The van der Waals surface area contributed by atoms with E-state index in [1.807, 2.05) is 0 Å². The molecule has 0 aromatic rings. The molecule has 0 saturated carbocycles. The Balaban J connectivity index is 0. The Labute approximate surface area is 143 Å². The molecule has 22 heavy (non-hydrogen) atoms. The van der Waals surface area contributed by atoms with Crippen LogP contribution in [0.3, 0.4) is 0 Å². The zero-order chi connectivity index (χ0) is 17.4. The fourth-order valence-electron chi connectivity index (χ4n) is 2.83. The lowest BCUT2D eigenvalue weighted by molar-refractivity contribution is 0.381. The monoisotopic (exact) mass is 308 g/mol. The highest BCUT2D eigenvalue weighted by atomic mass is 14.2. The minimum absolute atomic E-state index is 0.506. The van der Waals surface area contributed by atoms with Crippen LogP contribution in [-0.4, -0.2) is 0 Å². The summed E-state index contributed by atoms with van der Waals surface area (Å²) in [6.45, 7) is 25.0. The first-order valence-corrected chi connectivity index (χ1v) is 9.65. The summed E-state index contributed by atoms with van der Waals surface area (Å²) in [4.78, 5) is 0. The van der Waals surface area contributed by atoms with Crippen LogP contribution in [-0.2, 0) is 0 Å². The SMILES string of the molecule is CCCCCCCCC.[CH2+]C(C)CC([CH2+])CC([CH2+])CC([CH2+])C. The number of hydrogen-bond donors (Lipinski definition) is 0. The van der Waals surface area contributed by atoms with E-state index in [-0.39, 0.29) is 0 Å². The van der Waals surface area contributed by atoms with Gasteiger partial charge >= 0.3 is 0 Å². The highest BCUT2D eigenvalue weighted by Gasteiger charge is 2.23. The van der Waals surface area contributed by atoms with Gasteiger partial charge in [0, 0.05) is 19.3 Å². The maximum atomic E-state index is 4.13. The molecule has 0 spiro atoms. The molecule has 0 fully saturated rings. The Morgan fingerprint density at radius 2 is 0.864 bits per heavy atom. The van der Waals surface area contributed by atoms with E-state index in [0.717, 1.165) is 19.3 Å². The van der Waals surface area contributed by atoms with Crippen LogP contribution in [0.2, 0.25) is 0 Å². The minimum atomic E-state index is 0.506. The summed E-state index contributed by atoms with van der Waals surface area (Å²) >= 11 is 0. The summed E-state index contributed by atoms with van der Waals surface area (Å²) in [5.41, 5.74) is 0. The van der Waals surface area contributed by atoms with Gasteiger partial charge in [0.05, 0.1) is 39.5 Å². The van der Waals surface area contributed by atoms with Gasteiger partial charge in [0.1, 0.15) is 11.8 Å². The average Bonchev–Trinajstić information content (AvgIpc) is 2.37. The fourth-order valence-corrected chi connectivity index (χ4v) is 2.83. The second-order valence-corrected chi connectivity index (χ2v) is 7.42. The Bertz CT molecular complexity index is 172. The van der Waals surface area contributed by atoms with E-state index >= 15 is 0 Å². The van der Waals surface area contributed by atoms with Crippen molar-refractivity contribution in [2.24, 2.45) is 23.7 Å². The normalized spacial score (nSPS) is 16.2. The molecule has 0 amide bonds. The number of unbranched alkanes of at least 4 members (excludes halogenated alkanes) is 6. The van der Waals surface area contributed by atoms with Crippen LogP contribution in [0.25, 0.3) is 0 Å². The van der Waals surface area contributed by atoms with Crippen LogP contribution < -0.4 is 0 Å². The summed E-state index contributed by atoms with van der Waals surface area (Å²) in [7, 11) is 0. The van der Waals surface area contributed by atoms with E-state index in [1.165, 1.54) is 44.9 Å². The second kappa shape index (κ2) is 16.8. The lowest BCUT2D eigenvalue weighted by Gasteiger charge is -2.08. The quantitative estimate of drug-likeness (QED) is 0.255. The summed E-state index contributed by atoms with van der Waals surface area (Å²) in [5, 5.41) is 0. The van der Waals surface area contributed by atoms with E-state index in [0.29, 0.717) is 23.7 Å². The van der Waals surface area contributed by atoms with Crippen molar-refractivity contribution in [3.05, 3.63) is 27.7 Å². The van der Waals surface area contributed by atoms with Gasteiger partial charge in [-0.1, -0.05) is 58.8 Å². The van der Waals surface area contributed by atoms with Crippen LogP contribution in [0.5, 0.6) is 0 Å². The second-order valence-electron chi connectivity index (χ2n) is 7.42. The third kappa shape index (κ3) is 21.8. The maximum absolute atomic E-state index is 4.13. The molecule has 0 N–H and O–H groups in total. The van der Waals surface area contributed by atoms with Crippen molar-refractivity contribution in [3.63, 3.8) is 0 Å². The molecule has 0 bridgehead atoms. The van der Waals surface area contributed by atoms with Crippen LogP contribution in [0.15, 0.2) is 0 Å². The molecule has 4 atom stereocenters. The highest BCUT2D eigenvalue weighted by Crippen LogP contribution is 2.22. The summed E-state index contributed by atoms with van der Waals surface area (Å²) < 4.78 is 0. The van der Waals surface area contributed by atoms with E-state index < -0.39 is 0 Å². The molecule has 0 heteroatoms. The van der Waals surface area contributed by atoms with Crippen molar-refractivity contribution in [1.29, 1.82) is 0 Å². The fraction of sp³-hybridized carbons (Fsp3) is 0.818. The maximum Gasteiger partial charge on any atom is 0.104 e. The molecule has 0 aromatic carbocycles. The molecule has 0 aromatic heterocycles. The van der Waals surface area contributed by atoms with Gasteiger partial charge in [-0.3, -0.25) is 0 Å². The molecule has 0 heterocycles. The molecule has 128 valence electrons. The van der Waals surface area contributed by atoms with Gasteiger partial charge in [-0.2, -0.15) is 0 Å². The molecule has 0 radical (unpaired) electrons. The number of rotatable bonds is 12. The molecule has 0 aliphatic carbocycles. The summed E-state index contributed by atoms with van der Waals surface area (Å²) in [6.07, 6.45) is 13.3. The average molecular weight is 309 g/mol. The molecule has 4 unspecified atom stereocenters. The van der Waals surface area contributed by atoms with E-state index in [4.69, 9.17) is 0 Å². The van der Waals surface area contributed by atoms with Crippen LogP contribution in [0, 0.1) is 51.4 Å². The Kier molecular flexibility index (Phi) is 18.2. The molecule has 0 aliphatic heterocycles. The van der Waals surface area contributed by atoms with Crippen molar-refractivity contribution in [2.75, 3.05) is 0 Å². The zero-order valence-electron chi connectivity index (χ0n) is 16.2. The molecular formula is C22H44+4. The number of hydrogen-bond acceptors (Lipinski definition) is 0. The first-order chi connectivity index (χ1) is 10.3. The van der Waals surface area contributed by atoms with Crippen LogP contribution in [0.1, 0.15) is 91.9 Å². The van der Waals surface area contributed by atoms with Gasteiger partial charge in [0.25, 0.3) is 0 Å². The van der Waals surface area contributed by atoms with Crippen molar-refractivity contribution in [2.45, 2.75) is 91.9 Å². The van der Waals surface area contributed by atoms with E-state index in [1.54, 1.807) is 0 Å². The molecule has 0 nitrogen and oxygen atoms in total. The predicted molar refractivity (Wildman–Crippen MR) is 104 cm³/mol. The molecule has 0 rings (SSSR count). The highest BCUT2D eigenvalue weighted by molar-refractivity contribution is 4.74. The lowest BCUT2D eigenvalue weighted by atomic mass is 9.86. The van der Waals surface area contributed by atoms with Gasteiger partial charge in [0.15, 0.2) is 0 Å². The van der Waals surface area contributed by atoms with Crippen molar-refractivity contribution >= 4 is 0 Å². The Morgan fingerprint density at radius 1 is 0.545 bits per heavy atom. The van der Waals surface area contributed by atoms with E-state index in [2.05, 4.69) is 55.4 Å². The van der Waals surface area contributed by atoms with Gasteiger partial charge < -0.3 is 0 Å². The van der Waals surface area contributed by atoms with Crippen molar-refractivity contribution < 1.29 is 0 Å². The minimum Gasteiger partial charge on any atom is -0.0654 e. The third-order valence-corrected chi connectivity index (χ3v) is 3.85. The van der Waals surface area contributed by atoms with Crippen molar-refractivity contribution in [3.8, 4) is 0 Å². The first kappa shape index (κ1) is 23.7. The van der Waals surface area contributed by atoms with Gasteiger partial charge in [-0.15, -0.1) is 0 Å². The topological polar surface area (TPSA) is 0 Å². The third-order valence-electron chi connectivity index (χ3n) is 3.85. The largest absolute Gasteiger partial charge is 0.104 e. The van der Waals surface area contributed by atoms with Crippen LogP contribution in [0.4, 0.5) is 0 Å². The van der Waals surface area contributed by atoms with Gasteiger partial charge in [-0.05, 0) is 13.8 Å². The predicted octanol–water partition coefficient (Wildman–Crippen LogP) is 7.75. The smallest absolute Gasteiger partial charge is 0.0654 e. The molecule has 0 aliphatic rings. The lowest BCUT2D eigenvalue weighted by Crippen LogP contribution is -2.08. The van der Waals surface area contributed by atoms with Gasteiger partial charge in [-0.25, -0.2) is 0 Å². The Morgan fingerprint density at radius 3 is 1.14 bits per heavy atom. The first-order valence-electron chi connectivity index (χ1n) is 9.65. The molecule has 0 saturated heterocycles. The zero-order valence-corrected chi connectivity index (χ0v) is 16.2. The standard InChI is InChI=1S/C13H24.C9H20/c1-10(2)7-12(5)9-13(6)8-11(3)4;1-3-5-7-9-8-6-4-2/h10-13H,1,3,5-9H2,2,4H3;3-9H2,1-2H3/q+4;. The van der Waals surface area contributed by atoms with Crippen LogP contribution >= 0.6 is 0 Å². The van der Waals surface area contributed by atoms with E-state index in [9.17, 15) is 0 Å². The van der Waals surface area contributed by atoms with Gasteiger partial charge in [0.2, 0.25) is 0 Å².